The number of carbonyl (C=O) groups is 1. The molecule has 18 heavy (non-hydrogen) atoms. The molecule has 1 aliphatic heterocycles. The average Bonchev–Trinajstić information content (AvgIpc) is 2.85. The van der Waals surface area contributed by atoms with E-state index in [0.717, 1.165) is 13.0 Å². The van der Waals surface area contributed by atoms with E-state index in [1.807, 2.05) is 0 Å². The van der Waals surface area contributed by atoms with Crippen LogP contribution < -0.4 is 10.6 Å². The molecule has 1 unspecified atom stereocenters. The van der Waals surface area contributed by atoms with Crippen molar-refractivity contribution in [3.8, 4) is 0 Å². The quantitative estimate of drug-likeness (QED) is 0.858. The lowest BCUT2D eigenvalue weighted by atomic mass is 10.1. The van der Waals surface area contributed by atoms with Crippen LogP contribution >= 0.6 is 0 Å². The van der Waals surface area contributed by atoms with E-state index in [1.54, 1.807) is 13.0 Å². The third-order valence-corrected chi connectivity index (χ3v) is 3.36. The number of rotatable bonds is 4. The summed E-state index contributed by atoms with van der Waals surface area (Å²) in [5.74, 6) is -0.405. The van der Waals surface area contributed by atoms with E-state index in [-0.39, 0.29) is 11.7 Å². The molecule has 0 spiro atoms. The standard InChI is InChI=1S/C14H19FN2O/c1-10-9-11(4-5-13(10)15)14(18)17-8-6-12-3-2-7-16-12/h4-5,9,12,16H,2-3,6-8H2,1H3,(H,17,18). The average molecular weight is 250 g/mol. The predicted molar refractivity (Wildman–Crippen MR) is 69.1 cm³/mol. The highest BCUT2D eigenvalue weighted by Gasteiger charge is 2.14. The van der Waals surface area contributed by atoms with Crippen molar-refractivity contribution in [2.75, 3.05) is 13.1 Å². The molecule has 3 nitrogen and oxygen atoms in total. The first-order valence-electron chi connectivity index (χ1n) is 6.44. The Hall–Kier alpha value is -1.42. The molecule has 1 atom stereocenters. The first-order chi connectivity index (χ1) is 8.66. The Balaban J connectivity index is 1.81. The summed E-state index contributed by atoms with van der Waals surface area (Å²) < 4.78 is 13.1. The third kappa shape index (κ3) is 3.29. The van der Waals surface area contributed by atoms with E-state index < -0.39 is 0 Å². The van der Waals surface area contributed by atoms with Crippen LogP contribution in [0.15, 0.2) is 18.2 Å². The number of aryl methyl sites for hydroxylation is 1. The molecule has 1 heterocycles. The Bertz CT molecular complexity index is 428. The van der Waals surface area contributed by atoms with Gasteiger partial charge in [0.25, 0.3) is 5.91 Å². The number of hydrogen-bond donors (Lipinski definition) is 2. The molecular formula is C14H19FN2O. The van der Waals surface area contributed by atoms with Gasteiger partial charge in [0, 0.05) is 18.2 Å². The number of hydrogen-bond acceptors (Lipinski definition) is 2. The second-order valence-electron chi connectivity index (χ2n) is 4.80. The zero-order valence-electron chi connectivity index (χ0n) is 10.6. The fourth-order valence-corrected chi connectivity index (χ4v) is 2.25. The van der Waals surface area contributed by atoms with E-state index in [4.69, 9.17) is 0 Å². The van der Waals surface area contributed by atoms with Crippen molar-refractivity contribution in [2.24, 2.45) is 0 Å². The first kappa shape index (κ1) is 13.0. The fourth-order valence-electron chi connectivity index (χ4n) is 2.25. The number of carbonyl (C=O) groups excluding carboxylic acids is 1. The summed E-state index contributed by atoms with van der Waals surface area (Å²) in [4.78, 5) is 11.8. The normalized spacial score (nSPS) is 18.9. The Morgan fingerprint density at radius 3 is 3.06 bits per heavy atom. The predicted octanol–water partition coefficient (Wildman–Crippen LogP) is 2.01. The Labute approximate surface area is 107 Å². The van der Waals surface area contributed by atoms with Gasteiger partial charge in [0.05, 0.1) is 0 Å². The lowest BCUT2D eigenvalue weighted by Crippen LogP contribution is -2.30. The van der Waals surface area contributed by atoms with E-state index in [9.17, 15) is 9.18 Å². The van der Waals surface area contributed by atoms with Gasteiger partial charge in [-0.15, -0.1) is 0 Å². The van der Waals surface area contributed by atoms with Gasteiger partial charge in [-0.3, -0.25) is 4.79 Å². The number of nitrogens with one attached hydrogen (secondary N) is 2. The van der Waals surface area contributed by atoms with Crippen LogP contribution in [0.4, 0.5) is 4.39 Å². The van der Waals surface area contributed by atoms with E-state index in [1.165, 1.54) is 25.0 Å². The molecule has 0 bridgehead atoms. The molecule has 2 rings (SSSR count). The summed E-state index contributed by atoms with van der Waals surface area (Å²) in [6, 6.07) is 4.97. The van der Waals surface area contributed by atoms with Crippen LogP contribution in [0.3, 0.4) is 0 Å². The van der Waals surface area contributed by atoms with Gasteiger partial charge in [-0.2, -0.15) is 0 Å². The van der Waals surface area contributed by atoms with Gasteiger partial charge in [-0.1, -0.05) is 0 Å². The smallest absolute Gasteiger partial charge is 0.251 e. The molecule has 1 fully saturated rings. The van der Waals surface area contributed by atoms with E-state index >= 15 is 0 Å². The SMILES string of the molecule is Cc1cc(C(=O)NCCC2CCCN2)ccc1F. The van der Waals surface area contributed by atoms with E-state index in [2.05, 4.69) is 10.6 Å². The summed E-state index contributed by atoms with van der Waals surface area (Å²) in [7, 11) is 0. The highest BCUT2D eigenvalue weighted by Crippen LogP contribution is 2.10. The second-order valence-corrected chi connectivity index (χ2v) is 4.80. The zero-order valence-corrected chi connectivity index (χ0v) is 10.6. The topological polar surface area (TPSA) is 41.1 Å². The first-order valence-corrected chi connectivity index (χ1v) is 6.44. The highest BCUT2D eigenvalue weighted by molar-refractivity contribution is 5.94. The molecule has 4 heteroatoms. The Kier molecular flexibility index (Phi) is 4.31. The van der Waals surface area contributed by atoms with Gasteiger partial charge in [0.2, 0.25) is 0 Å². The Morgan fingerprint density at radius 2 is 2.39 bits per heavy atom. The van der Waals surface area contributed by atoms with Crippen molar-refractivity contribution < 1.29 is 9.18 Å². The molecule has 2 N–H and O–H groups in total. The summed E-state index contributed by atoms with van der Waals surface area (Å²) in [5, 5.41) is 6.26. The summed E-state index contributed by atoms with van der Waals surface area (Å²) in [6.45, 7) is 3.40. The van der Waals surface area contributed by atoms with Crippen molar-refractivity contribution in [3.63, 3.8) is 0 Å². The van der Waals surface area contributed by atoms with Crippen molar-refractivity contribution in [1.82, 2.24) is 10.6 Å². The number of amides is 1. The number of benzene rings is 1. The van der Waals surface area contributed by atoms with Crippen LogP contribution in [0, 0.1) is 12.7 Å². The summed E-state index contributed by atoms with van der Waals surface area (Å²) >= 11 is 0. The van der Waals surface area contributed by atoms with Crippen molar-refractivity contribution >= 4 is 5.91 Å². The monoisotopic (exact) mass is 250 g/mol. The lowest BCUT2D eigenvalue weighted by molar-refractivity contribution is 0.0952. The molecule has 1 saturated heterocycles. The van der Waals surface area contributed by atoms with Crippen LogP contribution in [0.1, 0.15) is 35.2 Å². The van der Waals surface area contributed by atoms with Crippen LogP contribution in [0.5, 0.6) is 0 Å². The molecule has 0 aliphatic carbocycles. The minimum atomic E-state index is -0.276. The summed E-state index contributed by atoms with van der Waals surface area (Å²) in [6.07, 6.45) is 3.35. The van der Waals surface area contributed by atoms with Crippen LogP contribution in [-0.4, -0.2) is 25.0 Å². The highest BCUT2D eigenvalue weighted by atomic mass is 19.1. The maximum atomic E-state index is 13.1. The van der Waals surface area contributed by atoms with Crippen LogP contribution in [0.2, 0.25) is 0 Å². The molecule has 0 aromatic heterocycles. The van der Waals surface area contributed by atoms with Gasteiger partial charge in [-0.25, -0.2) is 4.39 Å². The molecule has 98 valence electrons. The molecule has 0 radical (unpaired) electrons. The molecule has 1 aliphatic rings. The van der Waals surface area contributed by atoms with Crippen LogP contribution in [-0.2, 0) is 0 Å². The van der Waals surface area contributed by atoms with Crippen molar-refractivity contribution in [1.29, 1.82) is 0 Å². The molecule has 1 amide bonds. The maximum Gasteiger partial charge on any atom is 0.251 e. The summed E-state index contributed by atoms with van der Waals surface area (Å²) in [5.41, 5.74) is 1.02. The minimum Gasteiger partial charge on any atom is -0.352 e. The van der Waals surface area contributed by atoms with Crippen molar-refractivity contribution in [2.45, 2.75) is 32.2 Å². The molecular weight excluding hydrogens is 231 g/mol. The van der Waals surface area contributed by atoms with Crippen molar-refractivity contribution in [3.05, 3.63) is 35.1 Å². The van der Waals surface area contributed by atoms with Crippen LogP contribution in [0.25, 0.3) is 0 Å². The van der Waals surface area contributed by atoms with E-state index in [0.29, 0.717) is 23.7 Å². The second kappa shape index (κ2) is 5.96. The maximum absolute atomic E-state index is 13.1. The fraction of sp³-hybridized carbons (Fsp3) is 0.500. The van der Waals surface area contributed by atoms with Gasteiger partial charge < -0.3 is 10.6 Å². The molecule has 1 aromatic rings. The molecule has 0 saturated carbocycles. The van der Waals surface area contributed by atoms with Gasteiger partial charge in [0.15, 0.2) is 0 Å². The minimum absolute atomic E-state index is 0.129. The largest absolute Gasteiger partial charge is 0.352 e. The zero-order chi connectivity index (χ0) is 13.0. The lowest BCUT2D eigenvalue weighted by Gasteiger charge is -2.11. The molecule has 1 aromatic carbocycles. The Morgan fingerprint density at radius 1 is 1.56 bits per heavy atom. The van der Waals surface area contributed by atoms with Gasteiger partial charge in [0.1, 0.15) is 5.82 Å². The van der Waals surface area contributed by atoms with Gasteiger partial charge >= 0.3 is 0 Å². The third-order valence-electron chi connectivity index (χ3n) is 3.36. The number of halogens is 1. The van der Waals surface area contributed by atoms with Gasteiger partial charge in [-0.05, 0) is 56.5 Å².